The molecule has 0 radical (unpaired) electrons. The minimum atomic E-state index is -1.55. The van der Waals surface area contributed by atoms with Gasteiger partial charge in [0.05, 0.1) is 6.61 Å². The monoisotopic (exact) mass is 280 g/mol. The molecule has 2 N–H and O–H groups in total. The van der Waals surface area contributed by atoms with E-state index in [9.17, 15) is 15.0 Å². The van der Waals surface area contributed by atoms with E-state index in [-0.39, 0.29) is 6.61 Å². The number of aryl methyl sites for hydroxylation is 3. The van der Waals surface area contributed by atoms with Crippen LogP contribution in [0.1, 0.15) is 49.1 Å². The number of hydrogen-bond donors (Lipinski definition) is 2. The van der Waals surface area contributed by atoms with Crippen molar-refractivity contribution in [3.8, 4) is 0 Å². The molecule has 0 fully saturated rings. The van der Waals surface area contributed by atoms with Crippen molar-refractivity contribution < 1.29 is 19.7 Å². The lowest BCUT2D eigenvalue weighted by Gasteiger charge is -2.23. The van der Waals surface area contributed by atoms with E-state index in [0.29, 0.717) is 5.56 Å². The summed E-state index contributed by atoms with van der Waals surface area (Å²) in [6.45, 7) is 7.81. The normalized spacial score (nSPS) is 13.9. The number of benzene rings is 1. The van der Waals surface area contributed by atoms with Crippen molar-refractivity contribution >= 4 is 5.97 Å². The zero-order valence-corrected chi connectivity index (χ0v) is 12.6. The van der Waals surface area contributed by atoms with Crippen molar-refractivity contribution in [2.75, 3.05) is 6.61 Å². The largest absolute Gasteiger partial charge is 0.464 e. The molecule has 0 aliphatic rings. The van der Waals surface area contributed by atoms with E-state index in [1.807, 2.05) is 32.9 Å². The average molecular weight is 280 g/mol. The van der Waals surface area contributed by atoms with Crippen LogP contribution in [0, 0.1) is 6.92 Å². The van der Waals surface area contributed by atoms with Gasteiger partial charge in [-0.25, -0.2) is 4.79 Å². The predicted octanol–water partition coefficient (Wildman–Crippen LogP) is 2.08. The summed E-state index contributed by atoms with van der Waals surface area (Å²) in [5, 5.41) is 20.3. The zero-order valence-electron chi connectivity index (χ0n) is 12.6. The van der Waals surface area contributed by atoms with E-state index in [0.717, 1.165) is 29.5 Å². The first-order valence-corrected chi connectivity index (χ1v) is 7.11. The van der Waals surface area contributed by atoms with Crippen LogP contribution < -0.4 is 0 Å². The maximum absolute atomic E-state index is 11.6. The maximum Gasteiger partial charge on any atom is 0.338 e. The van der Waals surface area contributed by atoms with E-state index in [1.54, 1.807) is 6.92 Å². The number of aliphatic hydroxyl groups is 2. The summed E-state index contributed by atoms with van der Waals surface area (Å²) >= 11 is 0. The van der Waals surface area contributed by atoms with Gasteiger partial charge in [-0.1, -0.05) is 31.5 Å². The zero-order chi connectivity index (χ0) is 15.3. The van der Waals surface area contributed by atoms with E-state index < -0.39 is 18.2 Å². The molecule has 1 aromatic rings. The highest BCUT2D eigenvalue weighted by Gasteiger charge is 2.29. The van der Waals surface area contributed by atoms with Crippen molar-refractivity contribution in [2.45, 2.75) is 52.7 Å². The fourth-order valence-corrected chi connectivity index (χ4v) is 2.43. The molecule has 0 saturated heterocycles. The Bertz CT molecular complexity index is 443. The lowest BCUT2D eigenvalue weighted by molar-refractivity contribution is -0.159. The molecule has 0 heterocycles. The molecular formula is C16H24O4. The van der Waals surface area contributed by atoms with Crippen molar-refractivity contribution in [1.82, 2.24) is 0 Å². The minimum Gasteiger partial charge on any atom is -0.464 e. The van der Waals surface area contributed by atoms with Crippen LogP contribution in [0.25, 0.3) is 0 Å². The van der Waals surface area contributed by atoms with E-state index in [2.05, 4.69) is 0 Å². The highest BCUT2D eigenvalue weighted by Crippen LogP contribution is 2.28. The molecule has 0 spiro atoms. The van der Waals surface area contributed by atoms with Crippen LogP contribution in [0.3, 0.4) is 0 Å². The molecule has 0 bridgehead atoms. The molecule has 20 heavy (non-hydrogen) atoms. The van der Waals surface area contributed by atoms with Crippen LogP contribution in [0.5, 0.6) is 0 Å². The molecule has 112 valence electrons. The van der Waals surface area contributed by atoms with Crippen molar-refractivity contribution in [3.63, 3.8) is 0 Å². The Morgan fingerprint density at radius 1 is 1.15 bits per heavy atom. The van der Waals surface area contributed by atoms with Crippen molar-refractivity contribution in [2.24, 2.45) is 0 Å². The molecule has 2 atom stereocenters. The lowest BCUT2D eigenvalue weighted by Crippen LogP contribution is -2.31. The number of carbonyl (C=O) groups is 1. The van der Waals surface area contributed by atoms with Gasteiger partial charge in [0, 0.05) is 0 Å². The number of esters is 1. The van der Waals surface area contributed by atoms with Crippen LogP contribution in [-0.2, 0) is 22.4 Å². The van der Waals surface area contributed by atoms with Gasteiger partial charge in [0.25, 0.3) is 0 Å². The number of rotatable bonds is 6. The van der Waals surface area contributed by atoms with Crippen LogP contribution in [-0.4, -0.2) is 28.9 Å². The molecule has 4 nitrogen and oxygen atoms in total. The summed E-state index contributed by atoms with van der Waals surface area (Å²) in [7, 11) is 0. The highest BCUT2D eigenvalue weighted by molar-refractivity contribution is 5.75. The van der Waals surface area contributed by atoms with Gasteiger partial charge in [-0.3, -0.25) is 0 Å². The molecule has 1 aromatic carbocycles. The minimum absolute atomic E-state index is 0.178. The molecule has 0 amide bonds. The summed E-state index contributed by atoms with van der Waals surface area (Å²) in [6, 6.07) is 3.96. The van der Waals surface area contributed by atoms with Crippen LogP contribution in [0.4, 0.5) is 0 Å². The molecule has 0 saturated carbocycles. The van der Waals surface area contributed by atoms with Gasteiger partial charge in [0.2, 0.25) is 0 Å². The van der Waals surface area contributed by atoms with E-state index in [4.69, 9.17) is 4.74 Å². The quantitative estimate of drug-likeness (QED) is 0.783. The Labute approximate surface area is 120 Å². The second-order valence-electron chi connectivity index (χ2n) is 4.85. The second kappa shape index (κ2) is 7.41. The molecule has 1 rings (SSSR count). The first kappa shape index (κ1) is 16.7. The van der Waals surface area contributed by atoms with E-state index in [1.165, 1.54) is 0 Å². The summed E-state index contributed by atoms with van der Waals surface area (Å²) in [5.41, 5.74) is 3.68. The van der Waals surface area contributed by atoms with Crippen LogP contribution in [0.15, 0.2) is 12.1 Å². The van der Waals surface area contributed by atoms with Crippen LogP contribution >= 0.6 is 0 Å². The van der Waals surface area contributed by atoms with Crippen LogP contribution in [0.2, 0.25) is 0 Å². The highest BCUT2D eigenvalue weighted by atomic mass is 16.5. The number of aliphatic hydroxyl groups excluding tert-OH is 2. The third kappa shape index (κ3) is 3.58. The molecule has 0 aliphatic heterocycles. The smallest absolute Gasteiger partial charge is 0.338 e. The number of ether oxygens (including phenoxy) is 1. The summed E-state index contributed by atoms with van der Waals surface area (Å²) in [4.78, 5) is 11.6. The molecular weight excluding hydrogens is 256 g/mol. The van der Waals surface area contributed by atoms with Gasteiger partial charge in [0.15, 0.2) is 6.10 Å². The molecule has 0 aromatic heterocycles. The SMILES string of the molecule is CCOC(=O)C(O)C(O)c1c(CC)cc(C)cc1CC. The summed E-state index contributed by atoms with van der Waals surface area (Å²) in [5.74, 6) is -0.787. The van der Waals surface area contributed by atoms with Crippen molar-refractivity contribution in [3.05, 3.63) is 34.4 Å². The topological polar surface area (TPSA) is 66.8 Å². The van der Waals surface area contributed by atoms with E-state index >= 15 is 0 Å². The van der Waals surface area contributed by atoms with Gasteiger partial charge in [-0.15, -0.1) is 0 Å². The number of hydrogen-bond acceptors (Lipinski definition) is 4. The second-order valence-corrected chi connectivity index (χ2v) is 4.85. The fraction of sp³-hybridized carbons (Fsp3) is 0.562. The predicted molar refractivity (Wildman–Crippen MR) is 77.5 cm³/mol. The lowest BCUT2D eigenvalue weighted by atomic mass is 9.89. The first-order valence-electron chi connectivity index (χ1n) is 7.11. The third-order valence-electron chi connectivity index (χ3n) is 3.38. The standard InChI is InChI=1S/C16H24O4/c1-5-11-8-10(4)9-12(6-2)13(11)14(17)15(18)16(19)20-7-3/h8-9,14-15,17-18H,5-7H2,1-4H3. The van der Waals surface area contributed by atoms with Gasteiger partial charge < -0.3 is 14.9 Å². The van der Waals surface area contributed by atoms with Gasteiger partial charge in [-0.2, -0.15) is 0 Å². The average Bonchev–Trinajstić information content (AvgIpc) is 2.44. The van der Waals surface area contributed by atoms with Gasteiger partial charge >= 0.3 is 5.97 Å². The van der Waals surface area contributed by atoms with Gasteiger partial charge in [-0.05, 0) is 43.4 Å². The third-order valence-corrected chi connectivity index (χ3v) is 3.38. The Hall–Kier alpha value is -1.39. The Morgan fingerprint density at radius 2 is 1.65 bits per heavy atom. The first-order chi connectivity index (χ1) is 9.46. The molecule has 4 heteroatoms. The number of carbonyl (C=O) groups excluding carboxylic acids is 1. The van der Waals surface area contributed by atoms with Gasteiger partial charge in [0.1, 0.15) is 6.10 Å². The summed E-state index contributed by atoms with van der Waals surface area (Å²) < 4.78 is 4.77. The fourth-order valence-electron chi connectivity index (χ4n) is 2.43. The Morgan fingerprint density at radius 3 is 2.05 bits per heavy atom. The maximum atomic E-state index is 11.6. The van der Waals surface area contributed by atoms with Crippen molar-refractivity contribution in [1.29, 1.82) is 0 Å². The molecule has 2 unspecified atom stereocenters. The Balaban J connectivity index is 3.19. The molecule has 0 aliphatic carbocycles. The Kier molecular flexibility index (Phi) is 6.17. The summed E-state index contributed by atoms with van der Waals surface area (Å²) in [6.07, 6.45) is -1.33.